The summed E-state index contributed by atoms with van der Waals surface area (Å²) in [6.07, 6.45) is 1.79. The number of furan rings is 1. The summed E-state index contributed by atoms with van der Waals surface area (Å²) in [7, 11) is -1.48. The second-order valence-electron chi connectivity index (χ2n) is 13.2. The third-order valence-corrected chi connectivity index (χ3v) is 10.9. The minimum absolute atomic E-state index is 0. The van der Waals surface area contributed by atoms with Gasteiger partial charge in [0.2, 0.25) is 0 Å². The van der Waals surface area contributed by atoms with E-state index in [4.69, 9.17) is 14.4 Å². The first-order valence-electron chi connectivity index (χ1n) is 16.5. The van der Waals surface area contributed by atoms with Gasteiger partial charge in [0, 0.05) is 42.8 Å². The molecule has 1 radical (unpaired) electrons. The van der Waals surface area contributed by atoms with Crippen LogP contribution in [0.5, 0.6) is 0 Å². The van der Waals surface area contributed by atoms with Crippen LogP contribution in [0.15, 0.2) is 138 Å². The predicted molar refractivity (Wildman–Crippen MR) is 204 cm³/mol. The molecule has 0 aliphatic rings. The van der Waals surface area contributed by atoms with Gasteiger partial charge in [0.1, 0.15) is 5.58 Å². The van der Waals surface area contributed by atoms with E-state index in [2.05, 4.69) is 103 Å². The Morgan fingerprint density at radius 2 is 1.48 bits per heavy atom. The molecule has 247 valence electrons. The Morgan fingerprint density at radius 1 is 0.700 bits per heavy atom. The van der Waals surface area contributed by atoms with Gasteiger partial charge in [0.15, 0.2) is 0 Å². The van der Waals surface area contributed by atoms with Gasteiger partial charge in [-0.1, -0.05) is 96.4 Å². The molecule has 5 aromatic carbocycles. The van der Waals surface area contributed by atoms with Gasteiger partial charge in [0.05, 0.1) is 41.7 Å². The number of rotatable bonds is 4. The summed E-state index contributed by atoms with van der Waals surface area (Å²) >= 11 is 0. The normalized spacial score (nSPS) is 11.4. The van der Waals surface area contributed by atoms with Gasteiger partial charge in [-0.3, -0.25) is 9.97 Å². The molecule has 0 aliphatic carbocycles. The fraction of sp³-hybridized carbons (Fsp3) is 0.0930. The second-order valence-corrected chi connectivity index (χ2v) is 18.2. The summed E-state index contributed by atoms with van der Waals surface area (Å²) in [5, 5.41) is 4.63. The van der Waals surface area contributed by atoms with Crippen LogP contribution in [-0.2, 0) is 20.1 Å². The summed E-state index contributed by atoms with van der Waals surface area (Å²) in [5.74, 6) is 0.803. The fourth-order valence-corrected chi connectivity index (χ4v) is 7.54. The fourth-order valence-electron chi connectivity index (χ4n) is 6.39. The number of imidazole rings is 1. The summed E-state index contributed by atoms with van der Waals surface area (Å²) < 4.78 is 8.80. The Labute approximate surface area is 306 Å². The van der Waals surface area contributed by atoms with Crippen LogP contribution < -0.4 is 5.19 Å². The van der Waals surface area contributed by atoms with Crippen molar-refractivity contribution in [3.63, 3.8) is 0 Å². The number of hydrogen-bond acceptors (Lipinski definition) is 4. The molecule has 0 aliphatic heterocycles. The molecule has 0 saturated carbocycles. The molecule has 9 rings (SSSR count). The smallest absolute Gasteiger partial charge is 0.120 e. The van der Waals surface area contributed by atoms with Crippen LogP contribution in [0.3, 0.4) is 0 Å². The minimum atomic E-state index is -1.48. The number of nitrogens with zero attached hydrogens (tertiary/aromatic N) is 4. The van der Waals surface area contributed by atoms with Gasteiger partial charge in [-0.2, -0.15) is 0 Å². The Morgan fingerprint density at radius 3 is 2.24 bits per heavy atom. The number of aromatic nitrogens is 4. The van der Waals surface area contributed by atoms with Crippen LogP contribution in [0.25, 0.3) is 72.2 Å². The van der Waals surface area contributed by atoms with Gasteiger partial charge in [-0.25, -0.2) is 0 Å². The van der Waals surface area contributed by atoms with E-state index < -0.39 is 8.07 Å². The Balaban J connectivity index is 0.000000255. The van der Waals surface area contributed by atoms with Crippen LogP contribution in [0.1, 0.15) is 5.69 Å². The predicted octanol–water partition coefficient (Wildman–Crippen LogP) is 10.3. The number of aryl methyl sites for hydroxylation is 1. The first kappa shape index (κ1) is 33.3. The average Bonchev–Trinajstić information content (AvgIpc) is 3.73. The van der Waals surface area contributed by atoms with E-state index in [1.54, 1.807) is 6.20 Å². The summed E-state index contributed by atoms with van der Waals surface area (Å²) in [6, 6.07) is 49.6. The number of pyridine rings is 2. The van der Waals surface area contributed by atoms with Gasteiger partial charge in [0.25, 0.3) is 0 Å². The molecule has 0 bridgehead atoms. The molecular weight excluding hydrogens is 809 g/mol. The summed E-state index contributed by atoms with van der Waals surface area (Å²) in [4.78, 5) is 14.4. The largest absolute Gasteiger partial charge is 0.501 e. The molecule has 0 fully saturated rings. The third kappa shape index (κ3) is 6.09. The SMILES string of the molecule is Cc1nc2ccccc2c2nc(-c3[c-]ccc4c3oc3cc([Si](C)(C)C)ccc34)n(-c3ccccc3)c12.[Ir].[c-]1ccccc1-c1ccccn1. The standard InChI is InChI=1S/C32H26N3OSi.C11H8N.Ir/c1-20-30-29(25-13-8-9-16-27(25)33-20)34-32(35(30)21-11-6-5-7-12-21)26-15-10-14-24-23-18-17-22(37(2,3)4)19-28(23)36-31(24)26;1-2-6-10(7-3-1)11-8-4-5-9-12-11;/h5-14,16-19H,1-4H3;1-6,8-9H;/q2*-1;. The Bertz CT molecular complexity index is 2560. The molecule has 0 unspecified atom stereocenters. The first-order valence-corrected chi connectivity index (χ1v) is 20.0. The topological polar surface area (TPSA) is 56.7 Å². The Hall–Kier alpha value is -5.20. The van der Waals surface area contributed by atoms with E-state index in [1.165, 1.54) is 5.19 Å². The van der Waals surface area contributed by atoms with E-state index in [1.807, 2.05) is 72.8 Å². The van der Waals surface area contributed by atoms with Crippen molar-refractivity contribution in [2.24, 2.45) is 0 Å². The van der Waals surface area contributed by atoms with Crippen LogP contribution in [0.2, 0.25) is 19.6 Å². The summed E-state index contributed by atoms with van der Waals surface area (Å²) in [6.45, 7) is 9.14. The van der Waals surface area contributed by atoms with Gasteiger partial charge in [-0.15, -0.1) is 54.1 Å². The molecule has 0 atom stereocenters. The van der Waals surface area contributed by atoms with Crippen molar-refractivity contribution in [2.45, 2.75) is 26.6 Å². The van der Waals surface area contributed by atoms with Crippen molar-refractivity contribution in [1.29, 1.82) is 0 Å². The van der Waals surface area contributed by atoms with Crippen LogP contribution in [0.4, 0.5) is 0 Å². The molecule has 9 aromatic rings. The molecule has 0 amide bonds. The molecule has 0 saturated heterocycles. The minimum Gasteiger partial charge on any atom is -0.501 e. The first-order chi connectivity index (χ1) is 23.9. The zero-order valence-corrected chi connectivity index (χ0v) is 31.6. The van der Waals surface area contributed by atoms with Crippen molar-refractivity contribution in [3.05, 3.63) is 151 Å². The van der Waals surface area contributed by atoms with Crippen molar-refractivity contribution in [2.75, 3.05) is 0 Å². The third-order valence-electron chi connectivity index (χ3n) is 8.85. The van der Waals surface area contributed by atoms with E-state index in [-0.39, 0.29) is 20.1 Å². The molecule has 4 heterocycles. The number of benzene rings is 5. The van der Waals surface area contributed by atoms with Gasteiger partial charge in [-0.05, 0) is 42.9 Å². The van der Waals surface area contributed by atoms with Crippen molar-refractivity contribution >= 4 is 57.1 Å². The van der Waals surface area contributed by atoms with Crippen LogP contribution >= 0.6 is 0 Å². The monoisotopic (exact) mass is 843 g/mol. The molecule has 5 nitrogen and oxygen atoms in total. The van der Waals surface area contributed by atoms with Crippen molar-refractivity contribution < 1.29 is 24.5 Å². The number of fused-ring (bicyclic) bond motifs is 6. The van der Waals surface area contributed by atoms with Gasteiger partial charge >= 0.3 is 0 Å². The molecule has 0 spiro atoms. The molecule has 7 heteroatoms. The van der Waals surface area contributed by atoms with Crippen molar-refractivity contribution in [1.82, 2.24) is 19.5 Å². The van der Waals surface area contributed by atoms with E-state index >= 15 is 0 Å². The molecule has 50 heavy (non-hydrogen) atoms. The average molecular weight is 843 g/mol. The second kappa shape index (κ2) is 13.6. The quantitative estimate of drug-likeness (QED) is 0.131. The van der Waals surface area contributed by atoms with Crippen molar-refractivity contribution in [3.8, 4) is 28.3 Å². The maximum Gasteiger partial charge on any atom is 0.120 e. The molecule has 4 aromatic heterocycles. The zero-order chi connectivity index (χ0) is 33.5. The maximum atomic E-state index is 6.60. The van der Waals surface area contributed by atoms with Gasteiger partial charge < -0.3 is 14.0 Å². The van der Waals surface area contributed by atoms with Crippen LogP contribution in [0, 0.1) is 19.1 Å². The number of hydrogen-bond donors (Lipinski definition) is 0. The van der Waals surface area contributed by atoms with E-state index in [9.17, 15) is 0 Å². The molecule has 0 N–H and O–H groups in total. The zero-order valence-electron chi connectivity index (χ0n) is 28.2. The number of para-hydroxylation sites is 2. The van der Waals surface area contributed by atoms with E-state index in [0.717, 1.165) is 77.9 Å². The molecular formula is C43H34IrN4OSi-2. The Kier molecular flexibility index (Phi) is 9.06. The summed E-state index contributed by atoms with van der Waals surface area (Å²) in [5.41, 5.74) is 9.45. The van der Waals surface area contributed by atoms with Crippen LogP contribution in [-0.4, -0.2) is 27.6 Å². The van der Waals surface area contributed by atoms with E-state index in [0.29, 0.717) is 0 Å². The maximum absolute atomic E-state index is 6.60.